The van der Waals surface area contributed by atoms with Crippen LogP contribution in [0.1, 0.15) is 51.6 Å². The molecule has 0 amide bonds. The highest BCUT2D eigenvalue weighted by atomic mass is 15.2. The maximum atomic E-state index is 6.37. The maximum Gasteiger partial charge on any atom is 0.201 e. The number of rotatable bonds is 1. The Hall–Kier alpha value is -1.51. The minimum absolute atomic E-state index is 0.290. The van der Waals surface area contributed by atoms with E-state index in [2.05, 4.69) is 55.4 Å². The minimum Gasteiger partial charge on any atom is -0.369 e. The van der Waals surface area contributed by atoms with E-state index in [0.29, 0.717) is 22.8 Å². The Bertz CT molecular complexity index is 723. The van der Waals surface area contributed by atoms with E-state index in [4.69, 9.17) is 5.73 Å². The second-order valence-electron chi connectivity index (χ2n) is 8.10. The van der Waals surface area contributed by atoms with Crippen molar-refractivity contribution in [3.63, 3.8) is 0 Å². The predicted octanol–water partition coefficient (Wildman–Crippen LogP) is 4.31. The number of nitrogen functional groups attached to an aromatic ring is 1. The van der Waals surface area contributed by atoms with E-state index in [-0.39, 0.29) is 0 Å². The Morgan fingerprint density at radius 1 is 1.29 bits per heavy atom. The fraction of sp³-hybridized carbons (Fsp3) is 0.611. The molecule has 2 bridgehead atoms. The van der Waals surface area contributed by atoms with Crippen LogP contribution in [0.5, 0.6) is 0 Å². The van der Waals surface area contributed by atoms with Crippen LogP contribution in [0.25, 0.3) is 11.0 Å². The van der Waals surface area contributed by atoms with Gasteiger partial charge in [-0.15, -0.1) is 0 Å². The Kier molecular flexibility index (Phi) is 2.40. The molecule has 1 aromatic carbocycles. The van der Waals surface area contributed by atoms with Gasteiger partial charge in [0.25, 0.3) is 0 Å². The van der Waals surface area contributed by atoms with Crippen LogP contribution < -0.4 is 5.73 Å². The molecule has 3 atom stereocenters. The number of nitrogens with zero attached hydrogens (tertiary/aromatic N) is 2. The summed E-state index contributed by atoms with van der Waals surface area (Å²) in [6.07, 6.45) is 4.01. The summed E-state index contributed by atoms with van der Waals surface area (Å²) in [4.78, 5) is 4.68. The molecule has 2 saturated carbocycles. The van der Waals surface area contributed by atoms with Crippen molar-refractivity contribution in [3.05, 3.63) is 23.8 Å². The number of aryl methyl sites for hydroxylation is 1. The highest BCUT2D eigenvalue weighted by Crippen LogP contribution is 2.68. The smallest absolute Gasteiger partial charge is 0.201 e. The summed E-state index contributed by atoms with van der Waals surface area (Å²) >= 11 is 0. The lowest BCUT2D eigenvalue weighted by atomic mass is 9.68. The minimum atomic E-state index is 0.290. The van der Waals surface area contributed by atoms with Gasteiger partial charge in [-0.1, -0.05) is 32.9 Å². The Balaban J connectivity index is 1.99. The van der Waals surface area contributed by atoms with Gasteiger partial charge in [-0.25, -0.2) is 4.98 Å². The number of para-hydroxylation sites is 1. The summed E-state index contributed by atoms with van der Waals surface area (Å²) in [6, 6.07) is 6.87. The topological polar surface area (TPSA) is 43.8 Å². The van der Waals surface area contributed by atoms with Crippen LogP contribution in [-0.2, 0) is 0 Å². The van der Waals surface area contributed by atoms with Crippen molar-refractivity contribution in [2.75, 3.05) is 5.73 Å². The van der Waals surface area contributed by atoms with Crippen molar-refractivity contribution < 1.29 is 0 Å². The molecule has 112 valence electrons. The average Bonchev–Trinajstić information content (AvgIpc) is 2.99. The standard InChI is InChI=1S/C18H25N3/c1-11-6-5-7-13-14(11)20-16(19)21(13)15-17(2,3)12-8-9-18(15,4)10-12/h5-7,12,15H,8-10H2,1-4H3,(H2,19,20). The van der Waals surface area contributed by atoms with Crippen molar-refractivity contribution in [1.29, 1.82) is 0 Å². The molecule has 0 radical (unpaired) electrons. The van der Waals surface area contributed by atoms with Crippen LogP contribution in [0.3, 0.4) is 0 Å². The molecule has 2 aliphatic rings. The maximum absolute atomic E-state index is 6.37. The first-order chi connectivity index (χ1) is 9.84. The van der Waals surface area contributed by atoms with Gasteiger partial charge >= 0.3 is 0 Å². The van der Waals surface area contributed by atoms with Crippen LogP contribution in [0.15, 0.2) is 18.2 Å². The van der Waals surface area contributed by atoms with Gasteiger partial charge in [0.1, 0.15) is 0 Å². The number of nitrogens with two attached hydrogens (primary N) is 1. The Morgan fingerprint density at radius 2 is 2.05 bits per heavy atom. The Morgan fingerprint density at radius 3 is 2.71 bits per heavy atom. The van der Waals surface area contributed by atoms with Crippen LogP contribution in [-0.4, -0.2) is 9.55 Å². The third-order valence-electron chi connectivity index (χ3n) is 6.40. The lowest BCUT2D eigenvalue weighted by Gasteiger charge is -2.44. The van der Waals surface area contributed by atoms with Gasteiger partial charge in [-0.2, -0.15) is 0 Å². The second kappa shape index (κ2) is 3.82. The number of benzene rings is 1. The number of anilines is 1. The van der Waals surface area contributed by atoms with Crippen LogP contribution in [0.2, 0.25) is 0 Å². The summed E-state index contributed by atoms with van der Waals surface area (Å²) in [7, 11) is 0. The molecule has 3 unspecified atom stereocenters. The quantitative estimate of drug-likeness (QED) is 0.847. The summed E-state index contributed by atoms with van der Waals surface area (Å²) in [6.45, 7) is 9.42. The number of aromatic nitrogens is 2. The van der Waals surface area contributed by atoms with E-state index in [0.717, 1.165) is 11.4 Å². The highest BCUT2D eigenvalue weighted by Gasteiger charge is 2.60. The summed E-state index contributed by atoms with van der Waals surface area (Å²) in [5.74, 6) is 1.50. The third-order valence-corrected chi connectivity index (χ3v) is 6.40. The van der Waals surface area contributed by atoms with Gasteiger partial charge in [0.15, 0.2) is 0 Å². The van der Waals surface area contributed by atoms with Crippen molar-refractivity contribution in [1.82, 2.24) is 9.55 Å². The molecule has 2 N–H and O–H groups in total. The number of hydrogen-bond acceptors (Lipinski definition) is 2. The van der Waals surface area contributed by atoms with E-state index in [1.165, 1.54) is 30.3 Å². The average molecular weight is 283 g/mol. The molecule has 2 fully saturated rings. The van der Waals surface area contributed by atoms with E-state index in [1.54, 1.807) is 0 Å². The van der Waals surface area contributed by atoms with Gasteiger partial charge in [0.05, 0.1) is 11.0 Å². The molecule has 3 heteroatoms. The van der Waals surface area contributed by atoms with Gasteiger partial charge in [0.2, 0.25) is 5.95 Å². The molecule has 2 aromatic rings. The van der Waals surface area contributed by atoms with Crippen LogP contribution >= 0.6 is 0 Å². The van der Waals surface area contributed by atoms with Crippen molar-refractivity contribution in [3.8, 4) is 0 Å². The fourth-order valence-corrected chi connectivity index (χ4v) is 5.47. The molecule has 1 heterocycles. The second-order valence-corrected chi connectivity index (χ2v) is 8.10. The van der Waals surface area contributed by atoms with Gasteiger partial charge in [-0.3, -0.25) is 0 Å². The fourth-order valence-electron chi connectivity index (χ4n) is 5.47. The molecule has 2 aliphatic carbocycles. The lowest BCUT2D eigenvalue weighted by molar-refractivity contribution is 0.0882. The van der Waals surface area contributed by atoms with E-state index in [9.17, 15) is 0 Å². The van der Waals surface area contributed by atoms with Crippen molar-refractivity contribution in [2.45, 2.75) is 53.0 Å². The van der Waals surface area contributed by atoms with Gasteiger partial charge in [-0.05, 0) is 54.6 Å². The molecular formula is C18H25N3. The first-order valence-electron chi connectivity index (χ1n) is 8.07. The normalized spacial score (nSPS) is 33.9. The van der Waals surface area contributed by atoms with Crippen LogP contribution in [0.4, 0.5) is 5.95 Å². The van der Waals surface area contributed by atoms with E-state index < -0.39 is 0 Å². The van der Waals surface area contributed by atoms with Gasteiger partial charge < -0.3 is 10.3 Å². The molecule has 3 nitrogen and oxygen atoms in total. The van der Waals surface area contributed by atoms with E-state index in [1.807, 2.05) is 0 Å². The highest BCUT2D eigenvalue weighted by molar-refractivity contribution is 5.81. The first kappa shape index (κ1) is 13.2. The van der Waals surface area contributed by atoms with E-state index >= 15 is 0 Å². The molecule has 0 spiro atoms. The summed E-state index contributed by atoms with van der Waals surface area (Å²) in [5.41, 5.74) is 10.5. The third kappa shape index (κ3) is 1.52. The monoisotopic (exact) mass is 283 g/mol. The molecule has 0 saturated heterocycles. The zero-order valence-corrected chi connectivity index (χ0v) is 13.5. The molecule has 21 heavy (non-hydrogen) atoms. The predicted molar refractivity (Wildman–Crippen MR) is 87.1 cm³/mol. The van der Waals surface area contributed by atoms with Gasteiger partial charge in [0, 0.05) is 6.04 Å². The molecular weight excluding hydrogens is 258 g/mol. The summed E-state index contributed by atoms with van der Waals surface area (Å²) in [5, 5.41) is 0. The number of hydrogen-bond donors (Lipinski definition) is 1. The lowest BCUT2D eigenvalue weighted by Crippen LogP contribution is -2.37. The zero-order valence-electron chi connectivity index (χ0n) is 13.5. The molecule has 0 aliphatic heterocycles. The van der Waals surface area contributed by atoms with Crippen molar-refractivity contribution >= 4 is 17.0 Å². The van der Waals surface area contributed by atoms with Crippen LogP contribution in [0, 0.1) is 23.7 Å². The largest absolute Gasteiger partial charge is 0.369 e. The first-order valence-corrected chi connectivity index (χ1v) is 8.07. The zero-order chi connectivity index (χ0) is 15.0. The summed E-state index contributed by atoms with van der Waals surface area (Å²) < 4.78 is 2.35. The molecule has 4 rings (SSSR count). The number of imidazole rings is 1. The SMILES string of the molecule is Cc1cccc2c1nc(N)n2C1C2(C)CCC(C2)C1(C)C. The molecule has 1 aromatic heterocycles. The Labute approximate surface area is 126 Å². The number of fused-ring (bicyclic) bond motifs is 3. The van der Waals surface area contributed by atoms with Crippen molar-refractivity contribution in [2.24, 2.45) is 16.7 Å².